The van der Waals surface area contributed by atoms with Crippen LogP contribution in [0.4, 0.5) is 5.95 Å². The first-order valence-electron chi connectivity index (χ1n) is 11.3. The summed E-state index contributed by atoms with van der Waals surface area (Å²) >= 11 is 0. The van der Waals surface area contributed by atoms with E-state index < -0.39 is 0 Å². The van der Waals surface area contributed by atoms with Crippen molar-refractivity contribution >= 4 is 28.5 Å². The second-order valence-electron chi connectivity index (χ2n) is 9.22. The SMILES string of the molecule is COc1nc(NC2CC3(CCN(C(C)=O)CC3)C2)nc2[nH]cc(-c3ccc4ncnn4c3)c12. The highest BCUT2D eigenvalue weighted by Gasteiger charge is 2.46. The Morgan fingerprint density at radius 2 is 2.06 bits per heavy atom. The monoisotopic (exact) mass is 446 g/mol. The molecule has 10 heteroatoms. The Morgan fingerprint density at radius 1 is 1.24 bits per heavy atom. The van der Waals surface area contributed by atoms with E-state index in [1.165, 1.54) is 6.33 Å². The largest absolute Gasteiger partial charge is 0.480 e. The number of methoxy groups -OCH3 is 1. The summed E-state index contributed by atoms with van der Waals surface area (Å²) in [7, 11) is 1.63. The van der Waals surface area contributed by atoms with Crippen LogP contribution in [0.25, 0.3) is 27.8 Å². The maximum atomic E-state index is 11.6. The summed E-state index contributed by atoms with van der Waals surface area (Å²) in [6.07, 6.45) is 9.70. The van der Waals surface area contributed by atoms with Crippen LogP contribution in [-0.4, -0.2) is 66.6 Å². The lowest BCUT2D eigenvalue weighted by atomic mass is 9.60. The molecule has 0 radical (unpaired) electrons. The number of nitrogens with one attached hydrogen (secondary N) is 2. The van der Waals surface area contributed by atoms with Crippen molar-refractivity contribution in [1.82, 2.24) is 34.4 Å². The summed E-state index contributed by atoms with van der Waals surface area (Å²) in [5.74, 6) is 1.28. The van der Waals surface area contributed by atoms with E-state index in [4.69, 9.17) is 9.72 Å². The van der Waals surface area contributed by atoms with Gasteiger partial charge in [-0.15, -0.1) is 0 Å². The Bertz CT molecular complexity index is 1340. The van der Waals surface area contributed by atoms with Crippen molar-refractivity contribution in [2.75, 3.05) is 25.5 Å². The average molecular weight is 447 g/mol. The molecule has 4 aromatic rings. The number of pyridine rings is 1. The van der Waals surface area contributed by atoms with Gasteiger partial charge in [0.05, 0.1) is 12.5 Å². The zero-order valence-corrected chi connectivity index (χ0v) is 18.7. The summed E-state index contributed by atoms with van der Waals surface area (Å²) in [5, 5.41) is 8.56. The predicted molar refractivity (Wildman–Crippen MR) is 123 cm³/mol. The van der Waals surface area contributed by atoms with E-state index in [1.807, 2.05) is 29.4 Å². The van der Waals surface area contributed by atoms with E-state index >= 15 is 0 Å². The fraction of sp³-hybridized carbons (Fsp3) is 0.435. The normalized spacial score (nSPS) is 18.1. The van der Waals surface area contributed by atoms with Crippen LogP contribution in [-0.2, 0) is 4.79 Å². The van der Waals surface area contributed by atoms with Crippen LogP contribution in [0.2, 0.25) is 0 Å². The quantitative estimate of drug-likeness (QED) is 0.495. The fourth-order valence-electron chi connectivity index (χ4n) is 5.39. The highest BCUT2D eigenvalue weighted by atomic mass is 16.5. The number of piperidine rings is 1. The number of aromatic nitrogens is 6. The molecule has 5 heterocycles. The van der Waals surface area contributed by atoms with Gasteiger partial charge in [-0.2, -0.15) is 15.1 Å². The van der Waals surface area contributed by atoms with Crippen LogP contribution in [0.1, 0.15) is 32.6 Å². The van der Waals surface area contributed by atoms with Gasteiger partial charge in [-0.05, 0) is 43.2 Å². The number of fused-ring (bicyclic) bond motifs is 2. The van der Waals surface area contributed by atoms with E-state index in [9.17, 15) is 4.79 Å². The molecule has 4 aromatic heterocycles. The van der Waals surface area contributed by atoms with Crippen LogP contribution in [0.3, 0.4) is 0 Å². The lowest BCUT2D eigenvalue weighted by Crippen LogP contribution is -2.52. The molecule has 1 amide bonds. The van der Waals surface area contributed by atoms with Crippen molar-refractivity contribution in [3.8, 4) is 17.0 Å². The molecule has 1 saturated heterocycles. The second-order valence-corrected chi connectivity index (χ2v) is 9.22. The topological polar surface area (TPSA) is 113 Å². The van der Waals surface area contributed by atoms with Crippen LogP contribution in [0.15, 0.2) is 30.9 Å². The Labute approximate surface area is 190 Å². The molecular formula is C23H26N8O2. The van der Waals surface area contributed by atoms with Gasteiger partial charge in [-0.3, -0.25) is 4.79 Å². The molecule has 0 unspecified atom stereocenters. The highest BCUT2D eigenvalue weighted by molar-refractivity contribution is 5.97. The summed E-state index contributed by atoms with van der Waals surface area (Å²) in [4.78, 5) is 30.4. The minimum absolute atomic E-state index is 0.180. The van der Waals surface area contributed by atoms with Gasteiger partial charge < -0.3 is 19.9 Å². The summed E-state index contributed by atoms with van der Waals surface area (Å²) in [6.45, 7) is 3.39. The molecule has 2 N–H and O–H groups in total. The predicted octanol–water partition coefficient (Wildman–Crippen LogP) is 2.88. The number of carbonyl (C=O) groups is 1. The molecule has 0 atom stereocenters. The number of H-pyrrole nitrogens is 1. The number of rotatable bonds is 4. The standard InChI is InChI=1S/C23H26N8O2/c1-14(32)30-7-5-23(6-8-30)9-16(10-23)27-22-28-20-19(21(29-22)33-2)17(11-24-20)15-3-4-18-25-13-26-31(18)12-15/h3-4,11-13,16H,5-10H2,1-2H3,(H2,24,27,28,29). The highest BCUT2D eigenvalue weighted by Crippen LogP contribution is 2.50. The van der Waals surface area contributed by atoms with Gasteiger partial charge in [-0.25, -0.2) is 9.50 Å². The van der Waals surface area contributed by atoms with Crippen molar-refractivity contribution in [2.24, 2.45) is 5.41 Å². The molecule has 33 heavy (non-hydrogen) atoms. The van der Waals surface area contributed by atoms with E-state index in [-0.39, 0.29) is 5.91 Å². The minimum atomic E-state index is 0.180. The van der Waals surface area contributed by atoms with Crippen molar-refractivity contribution in [1.29, 1.82) is 0 Å². The molecule has 6 rings (SSSR count). The van der Waals surface area contributed by atoms with Crippen LogP contribution >= 0.6 is 0 Å². The number of anilines is 1. The van der Waals surface area contributed by atoms with E-state index in [2.05, 4.69) is 25.4 Å². The first-order chi connectivity index (χ1) is 16.0. The van der Waals surface area contributed by atoms with Gasteiger partial charge in [0, 0.05) is 49.6 Å². The molecule has 1 saturated carbocycles. The lowest BCUT2D eigenvalue weighted by molar-refractivity contribution is -0.132. The van der Waals surface area contributed by atoms with Gasteiger partial charge in [0.1, 0.15) is 12.0 Å². The number of hydrogen-bond acceptors (Lipinski definition) is 7. The zero-order valence-electron chi connectivity index (χ0n) is 18.7. The fourth-order valence-corrected chi connectivity index (χ4v) is 5.39. The number of likely N-dealkylation sites (tertiary alicyclic amines) is 1. The van der Waals surface area contributed by atoms with Gasteiger partial charge in [0.2, 0.25) is 17.7 Å². The van der Waals surface area contributed by atoms with Gasteiger partial charge in [0.25, 0.3) is 0 Å². The van der Waals surface area contributed by atoms with Crippen molar-refractivity contribution < 1.29 is 9.53 Å². The molecule has 2 fully saturated rings. The number of hydrogen-bond donors (Lipinski definition) is 2. The van der Waals surface area contributed by atoms with Crippen LogP contribution in [0, 0.1) is 5.41 Å². The molecular weight excluding hydrogens is 420 g/mol. The van der Waals surface area contributed by atoms with Gasteiger partial charge in [0.15, 0.2) is 5.65 Å². The summed E-state index contributed by atoms with van der Waals surface area (Å²) in [5.41, 5.74) is 3.78. The lowest BCUT2D eigenvalue weighted by Gasteiger charge is -2.52. The number of carbonyl (C=O) groups excluding carboxylic acids is 1. The Balaban J connectivity index is 1.22. The minimum Gasteiger partial charge on any atom is -0.480 e. The molecule has 0 bridgehead atoms. The van der Waals surface area contributed by atoms with Gasteiger partial charge in [-0.1, -0.05) is 0 Å². The summed E-state index contributed by atoms with van der Waals surface area (Å²) in [6, 6.07) is 4.27. The van der Waals surface area contributed by atoms with Crippen LogP contribution < -0.4 is 10.1 Å². The number of ether oxygens (including phenoxy) is 1. The Kier molecular flexibility index (Phi) is 4.49. The van der Waals surface area contributed by atoms with Crippen molar-refractivity contribution in [2.45, 2.75) is 38.6 Å². The third-order valence-electron chi connectivity index (χ3n) is 7.24. The smallest absolute Gasteiger partial charge is 0.228 e. The third-order valence-corrected chi connectivity index (χ3v) is 7.24. The number of amides is 1. The summed E-state index contributed by atoms with van der Waals surface area (Å²) < 4.78 is 7.40. The zero-order chi connectivity index (χ0) is 22.6. The molecule has 2 aliphatic rings. The maximum Gasteiger partial charge on any atom is 0.228 e. The Morgan fingerprint density at radius 3 is 2.82 bits per heavy atom. The molecule has 1 aliphatic carbocycles. The first-order valence-corrected chi connectivity index (χ1v) is 11.3. The van der Waals surface area contributed by atoms with Crippen LogP contribution in [0.5, 0.6) is 5.88 Å². The van der Waals surface area contributed by atoms with E-state index in [0.29, 0.717) is 23.3 Å². The molecule has 1 spiro atoms. The van der Waals surface area contributed by atoms with Crippen molar-refractivity contribution in [3.63, 3.8) is 0 Å². The number of nitrogens with zero attached hydrogens (tertiary/aromatic N) is 6. The Hall–Kier alpha value is -3.69. The molecule has 1 aliphatic heterocycles. The molecule has 0 aromatic carbocycles. The van der Waals surface area contributed by atoms with E-state index in [0.717, 1.165) is 66.6 Å². The van der Waals surface area contributed by atoms with E-state index in [1.54, 1.807) is 18.5 Å². The second kappa shape index (κ2) is 7.43. The number of aromatic amines is 1. The van der Waals surface area contributed by atoms with Gasteiger partial charge >= 0.3 is 0 Å². The molecule has 10 nitrogen and oxygen atoms in total. The first kappa shape index (κ1) is 20.0. The average Bonchev–Trinajstić information content (AvgIpc) is 3.44. The third kappa shape index (κ3) is 3.37. The molecule has 170 valence electrons. The maximum absolute atomic E-state index is 11.6. The van der Waals surface area contributed by atoms with Crippen molar-refractivity contribution in [3.05, 3.63) is 30.9 Å².